The van der Waals surface area contributed by atoms with Gasteiger partial charge in [-0.15, -0.1) is 0 Å². The van der Waals surface area contributed by atoms with Gasteiger partial charge in [-0.3, -0.25) is 0 Å². The van der Waals surface area contributed by atoms with E-state index in [9.17, 15) is 13.2 Å². The van der Waals surface area contributed by atoms with Gasteiger partial charge < -0.3 is 9.31 Å². The van der Waals surface area contributed by atoms with Gasteiger partial charge >= 0.3 is 19.3 Å². The van der Waals surface area contributed by atoms with Crippen molar-refractivity contribution in [3.8, 4) is 0 Å². The predicted octanol–water partition coefficient (Wildman–Crippen LogP) is 1.63. The normalized spacial score (nSPS) is 28.7. The van der Waals surface area contributed by atoms with Crippen LogP contribution in [0.2, 0.25) is 0 Å². The number of nitrogens with zero attached hydrogens (tertiary/aromatic N) is 2. The third kappa shape index (κ3) is 2.96. The molecule has 5 nitrogen and oxygen atoms in total. The van der Waals surface area contributed by atoms with Gasteiger partial charge in [-0.2, -0.15) is 13.2 Å². The van der Waals surface area contributed by atoms with Crippen molar-refractivity contribution in [2.45, 2.75) is 64.0 Å². The zero-order valence-corrected chi connectivity index (χ0v) is 14.3. The summed E-state index contributed by atoms with van der Waals surface area (Å²) in [4.78, 5) is 1.27. The Balaban J connectivity index is 1.76. The Morgan fingerprint density at radius 1 is 1.25 bits per heavy atom. The van der Waals surface area contributed by atoms with E-state index in [0.717, 1.165) is 0 Å². The van der Waals surface area contributed by atoms with Crippen molar-refractivity contribution >= 4 is 19.3 Å². The first-order valence-corrected chi connectivity index (χ1v) is 8.08. The van der Waals surface area contributed by atoms with Gasteiger partial charge in [0.1, 0.15) is 0 Å². The first-order chi connectivity index (χ1) is 11.0. The fourth-order valence-corrected chi connectivity index (χ4v) is 2.98. The van der Waals surface area contributed by atoms with Crippen molar-refractivity contribution in [3.05, 3.63) is 11.7 Å². The molecule has 132 valence electrons. The molecule has 24 heavy (non-hydrogen) atoms. The Bertz CT molecular complexity index is 608. The molecule has 3 rings (SSSR count). The van der Waals surface area contributed by atoms with Crippen LogP contribution in [0.4, 0.5) is 13.2 Å². The molecule has 1 atom stereocenters. The van der Waals surface area contributed by atoms with Crippen LogP contribution in [0.15, 0.2) is 11.7 Å². The van der Waals surface area contributed by atoms with E-state index in [4.69, 9.17) is 9.31 Å². The minimum Gasteiger partial charge on any atom is -0.399 e. The van der Waals surface area contributed by atoms with Crippen molar-refractivity contribution in [1.82, 2.24) is 14.9 Å². The Morgan fingerprint density at radius 3 is 2.38 bits per heavy atom. The van der Waals surface area contributed by atoms with Crippen LogP contribution in [-0.4, -0.2) is 54.2 Å². The SMILES string of the molecule is CC1(C)OB(C2=CNC(N3CCCC3C(F)(F)F)=[N+]=C2)OC1(C)C. The summed E-state index contributed by atoms with van der Waals surface area (Å²) in [6.07, 6.45) is -0.539. The maximum absolute atomic E-state index is 13.1. The van der Waals surface area contributed by atoms with Crippen LogP contribution in [0, 0.1) is 0 Å². The second-order valence-corrected chi connectivity index (χ2v) is 7.35. The summed E-state index contributed by atoms with van der Waals surface area (Å²) in [6.45, 7) is 8.10. The van der Waals surface area contributed by atoms with Gasteiger partial charge in [-0.05, 0) is 40.5 Å². The summed E-state index contributed by atoms with van der Waals surface area (Å²) in [5.41, 5.74) is -0.306. The van der Waals surface area contributed by atoms with Crippen LogP contribution in [0.5, 0.6) is 0 Å². The highest BCUT2D eigenvalue weighted by Crippen LogP contribution is 2.38. The number of halogens is 3. The number of guanidine groups is 1. The first kappa shape index (κ1) is 17.4. The van der Waals surface area contributed by atoms with Crippen LogP contribution in [0.1, 0.15) is 40.5 Å². The average Bonchev–Trinajstić information content (AvgIpc) is 3.02. The minimum absolute atomic E-state index is 0.0952. The largest absolute Gasteiger partial charge is 0.502 e. The molecule has 3 aliphatic rings. The Hall–Kier alpha value is -1.44. The molecule has 0 saturated carbocycles. The molecule has 0 aromatic heterocycles. The van der Waals surface area contributed by atoms with E-state index in [-0.39, 0.29) is 12.4 Å². The van der Waals surface area contributed by atoms with Crippen molar-refractivity contribution < 1.29 is 22.5 Å². The fraction of sp³-hybridized carbons (Fsp3) is 0.733. The maximum atomic E-state index is 13.1. The second-order valence-electron chi connectivity index (χ2n) is 7.35. The summed E-state index contributed by atoms with van der Waals surface area (Å²) >= 11 is 0. The Morgan fingerprint density at radius 2 is 1.88 bits per heavy atom. The second kappa shape index (κ2) is 5.54. The number of likely N-dealkylation sites (tertiary alicyclic amines) is 1. The molecule has 0 bridgehead atoms. The Labute approximate surface area is 139 Å². The van der Waals surface area contributed by atoms with Crippen molar-refractivity contribution in [2.24, 2.45) is 0 Å². The lowest BCUT2D eigenvalue weighted by molar-refractivity contribution is -0.167. The molecule has 3 aliphatic heterocycles. The highest BCUT2D eigenvalue weighted by Gasteiger charge is 2.54. The summed E-state index contributed by atoms with van der Waals surface area (Å²) in [5.74, 6) is 0.218. The van der Waals surface area contributed by atoms with E-state index in [1.165, 1.54) is 11.1 Å². The average molecular weight is 344 g/mol. The fourth-order valence-electron chi connectivity index (χ4n) is 2.98. The van der Waals surface area contributed by atoms with Crippen molar-refractivity contribution in [3.63, 3.8) is 0 Å². The number of allylic oxidation sites excluding steroid dienone is 1. The summed E-state index contributed by atoms with van der Waals surface area (Å²) in [6, 6.07) is -1.48. The van der Waals surface area contributed by atoms with Crippen LogP contribution in [0.25, 0.3) is 0 Å². The van der Waals surface area contributed by atoms with E-state index < -0.39 is 30.5 Å². The lowest BCUT2D eigenvalue weighted by atomic mass is 9.79. The van der Waals surface area contributed by atoms with Gasteiger partial charge in [0, 0.05) is 0 Å². The quantitative estimate of drug-likeness (QED) is 0.580. The van der Waals surface area contributed by atoms with Crippen LogP contribution >= 0.6 is 0 Å². The molecule has 0 amide bonds. The smallest absolute Gasteiger partial charge is 0.399 e. The number of nitrogens with one attached hydrogen (secondary N) is 1. The molecule has 0 radical (unpaired) electrons. The summed E-state index contributed by atoms with van der Waals surface area (Å²) in [7, 11) is -0.593. The number of rotatable bonds is 1. The molecule has 0 aromatic rings. The van der Waals surface area contributed by atoms with Gasteiger partial charge in [0.15, 0.2) is 12.3 Å². The third-order valence-corrected chi connectivity index (χ3v) is 5.13. The molecule has 1 N–H and O–H groups in total. The topological polar surface area (TPSA) is 47.8 Å². The van der Waals surface area contributed by atoms with Gasteiger partial charge in [0.05, 0.1) is 29.4 Å². The van der Waals surface area contributed by atoms with Crippen LogP contribution < -0.4 is 9.98 Å². The summed E-state index contributed by atoms with van der Waals surface area (Å²) in [5, 5.41) is 2.87. The lowest BCUT2D eigenvalue weighted by Crippen LogP contribution is -2.50. The van der Waals surface area contributed by atoms with E-state index in [0.29, 0.717) is 18.4 Å². The van der Waals surface area contributed by atoms with E-state index in [1.807, 2.05) is 27.7 Å². The van der Waals surface area contributed by atoms with Crippen molar-refractivity contribution in [2.75, 3.05) is 6.54 Å². The van der Waals surface area contributed by atoms with Gasteiger partial charge in [0.2, 0.25) is 0 Å². The number of hydrogen-bond donors (Lipinski definition) is 1. The summed E-state index contributed by atoms with van der Waals surface area (Å²) < 4.78 is 55.2. The first-order valence-electron chi connectivity index (χ1n) is 8.08. The highest BCUT2D eigenvalue weighted by molar-refractivity contribution is 6.60. The van der Waals surface area contributed by atoms with Gasteiger partial charge in [0.25, 0.3) is 0 Å². The molecular formula is C15H22BF3N3O2+. The monoisotopic (exact) mass is 344 g/mol. The molecule has 2 saturated heterocycles. The molecular weight excluding hydrogens is 322 g/mol. The van der Waals surface area contributed by atoms with E-state index >= 15 is 0 Å². The molecule has 2 fully saturated rings. The third-order valence-electron chi connectivity index (χ3n) is 5.13. The zero-order valence-electron chi connectivity index (χ0n) is 14.3. The van der Waals surface area contributed by atoms with Crippen LogP contribution in [0.3, 0.4) is 0 Å². The Kier molecular flexibility index (Phi) is 4.02. The number of hydrogen-bond acceptors (Lipinski definition) is 4. The van der Waals surface area contributed by atoms with E-state index in [1.54, 1.807) is 6.20 Å². The molecule has 1 unspecified atom stereocenters. The lowest BCUT2D eigenvalue weighted by Gasteiger charge is -2.32. The standard InChI is InChI=1S/C15H21BF3N3O2/c1-13(2)14(3,4)24-16(23-13)10-8-20-12(21-9-10)22-7-5-6-11(22)15(17,18)19/h8-9,11H,5-7H2,1-4H3/p+1. The molecule has 0 aromatic carbocycles. The van der Waals surface area contributed by atoms with E-state index in [2.05, 4.69) is 9.98 Å². The molecule has 3 heterocycles. The van der Waals surface area contributed by atoms with Gasteiger partial charge in [-0.25, -0.2) is 14.9 Å². The highest BCUT2D eigenvalue weighted by atomic mass is 19.4. The minimum atomic E-state index is -4.25. The predicted molar refractivity (Wildman–Crippen MR) is 86.3 cm³/mol. The zero-order chi connectivity index (χ0) is 17.8. The van der Waals surface area contributed by atoms with Crippen LogP contribution in [-0.2, 0) is 9.31 Å². The number of alkyl halides is 3. The molecule has 0 aliphatic carbocycles. The molecule has 0 spiro atoms. The molecule has 9 heteroatoms. The maximum Gasteiger partial charge on any atom is 0.502 e. The van der Waals surface area contributed by atoms with Gasteiger partial charge in [-0.1, -0.05) is 0 Å². The van der Waals surface area contributed by atoms with Crippen molar-refractivity contribution in [1.29, 1.82) is 0 Å².